The summed E-state index contributed by atoms with van der Waals surface area (Å²) in [6.45, 7) is 2.70. The van der Waals surface area contributed by atoms with E-state index in [4.69, 9.17) is 5.10 Å². The third kappa shape index (κ3) is 4.23. The third-order valence-electron chi connectivity index (χ3n) is 5.89. The lowest BCUT2D eigenvalue weighted by atomic mass is 9.96. The SMILES string of the molecule is Cc1nn(C2CCCCC2)c2sc(C(=O)NC3CCCN3C(=O)N(C)C)cc12.Cl. The molecule has 7 nitrogen and oxygen atoms in total. The van der Waals surface area contributed by atoms with Crippen molar-refractivity contribution in [3.05, 3.63) is 16.6 Å². The molecule has 1 aliphatic carbocycles. The zero-order valence-corrected chi connectivity index (χ0v) is 18.9. The van der Waals surface area contributed by atoms with Crippen LogP contribution in [0.1, 0.15) is 66.4 Å². The molecule has 1 aliphatic heterocycles. The molecule has 3 amide bonds. The normalized spacial score (nSPS) is 20.0. The summed E-state index contributed by atoms with van der Waals surface area (Å²) in [4.78, 5) is 30.4. The monoisotopic (exact) mass is 439 g/mol. The van der Waals surface area contributed by atoms with Crippen LogP contribution >= 0.6 is 23.7 Å². The van der Waals surface area contributed by atoms with Gasteiger partial charge in [-0.15, -0.1) is 23.7 Å². The van der Waals surface area contributed by atoms with Gasteiger partial charge in [0.1, 0.15) is 11.0 Å². The fourth-order valence-corrected chi connectivity index (χ4v) is 5.52. The topological polar surface area (TPSA) is 70.5 Å². The van der Waals surface area contributed by atoms with E-state index in [1.807, 2.05) is 13.0 Å². The largest absolute Gasteiger partial charge is 0.331 e. The summed E-state index contributed by atoms with van der Waals surface area (Å²) < 4.78 is 2.16. The fraction of sp³-hybridized carbons (Fsp3) is 0.650. The number of urea groups is 1. The van der Waals surface area contributed by atoms with Crippen molar-refractivity contribution in [1.82, 2.24) is 24.9 Å². The number of nitrogens with zero attached hydrogens (tertiary/aromatic N) is 4. The average Bonchev–Trinajstić information content (AvgIpc) is 3.38. The van der Waals surface area contributed by atoms with Crippen LogP contribution in [0.15, 0.2) is 6.07 Å². The second-order valence-corrected chi connectivity index (χ2v) is 9.18. The first kappa shape index (κ1) is 21.9. The minimum Gasteiger partial charge on any atom is -0.331 e. The summed E-state index contributed by atoms with van der Waals surface area (Å²) in [5.41, 5.74) is 0.987. The van der Waals surface area contributed by atoms with Gasteiger partial charge in [-0.25, -0.2) is 4.79 Å². The number of aryl methyl sites for hydroxylation is 1. The summed E-state index contributed by atoms with van der Waals surface area (Å²) in [5, 5.41) is 8.92. The zero-order chi connectivity index (χ0) is 19.8. The minimum atomic E-state index is -0.233. The number of thiophene rings is 1. The summed E-state index contributed by atoms with van der Waals surface area (Å²) in [5.74, 6) is -0.0979. The molecule has 0 spiro atoms. The molecule has 1 N–H and O–H groups in total. The Morgan fingerprint density at radius 1 is 1.17 bits per heavy atom. The highest BCUT2D eigenvalue weighted by Crippen LogP contribution is 2.35. The molecule has 2 fully saturated rings. The number of likely N-dealkylation sites (tertiary alicyclic amines) is 1. The Balaban J connectivity index is 0.00000240. The van der Waals surface area contributed by atoms with Crippen molar-refractivity contribution < 1.29 is 9.59 Å². The van der Waals surface area contributed by atoms with Gasteiger partial charge in [-0.2, -0.15) is 5.10 Å². The van der Waals surface area contributed by atoms with Crippen LogP contribution in [0.4, 0.5) is 4.79 Å². The van der Waals surface area contributed by atoms with Crippen LogP contribution in [0.2, 0.25) is 0 Å². The van der Waals surface area contributed by atoms with Crippen molar-refractivity contribution in [3.8, 4) is 0 Å². The third-order valence-corrected chi connectivity index (χ3v) is 7.01. The van der Waals surface area contributed by atoms with Gasteiger partial charge >= 0.3 is 6.03 Å². The second kappa shape index (κ2) is 8.92. The molecule has 1 saturated heterocycles. The van der Waals surface area contributed by atoms with Crippen molar-refractivity contribution in [3.63, 3.8) is 0 Å². The van der Waals surface area contributed by atoms with E-state index < -0.39 is 0 Å². The maximum atomic E-state index is 12.9. The summed E-state index contributed by atoms with van der Waals surface area (Å²) >= 11 is 1.52. The van der Waals surface area contributed by atoms with Gasteiger partial charge in [0.25, 0.3) is 5.91 Å². The van der Waals surface area contributed by atoms with Crippen LogP contribution < -0.4 is 5.32 Å². The predicted molar refractivity (Wildman–Crippen MR) is 118 cm³/mol. The Morgan fingerprint density at radius 3 is 2.59 bits per heavy atom. The molecule has 29 heavy (non-hydrogen) atoms. The van der Waals surface area contributed by atoms with E-state index in [9.17, 15) is 9.59 Å². The molecule has 9 heteroatoms. The van der Waals surface area contributed by atoms with Crippen molar-refractivity contribution in [2.45, 2.75) is 64.1 Å². The summed E-state index contributed by atoms with van der Waals surface area (Å²) in [6.07, 6.45) is 7.61. The van der Waals surface area contributed by atoms with Crippen LogP contribution in [-0.2, 0) is 0 Å². The maximum Gasteiger partial charge on any atom is 0.321 e. The maximum absolute atomic E-state index is 12.9. The van der Waals surface area contributed by atoms with Crippen LogP contribution in [0.5, 0.6) is 0 Å². The van der Waals surface area contributed by atoms with Gasteiger partial charge in [0.15, 0.2) is 0 Å². The standard InChI is InChI=1S/C20H29N5O2S.ClH/c1-13-15-12-16(28-19(15)25(22-13)14-8-5-4-6-9-14)18(26)21-17-10-7-11-24(17)20(27)23(2)3;/h12,14,17H,4-11H2,1-3H3,(H,21,26);1H. The highest BCUT2D eigenvalue weighted by molar-refractivity contribution is 7.20. The van der Waals surface area contributed by atoms with E-state index in [1.165, 1.54) is 43.4 Å². The molecule has 0 aromatic carbocycles. The van der Waals surface area contributed by atoms with Gasteiger partial charge in [-0.3, -0.25) is 9.48 Å². The van der Waals surface area contributed by atoms with E-state index in [0.29, 0.717) is 17.5 Å². The van der Waals surface area contributed by atoms with Crippen LogP contribution in [-0.4, -0.2) is 58.3 Å². The summed E-state index contributed by atoms with van der Waals surface area (Å²) in [6, 6.07) is 2.36. The van der Waals surface area contributed by atoms with Crippen LogP contribution in [0, 0.1) is 6.92 Å². The lowest BCUT2D eigenvalue weighted by Crippen LogP contribution is -2.50. The highest BCUT2D eigenvalue weighted by Gasteiger charge is 2.31. The molecule has 2 aromatic rings. The lowest BCUT2D eigenvalue weighted by molar-refractivity contribution is 0.0896. The van der Waals surface area contributed by atoms with Gasteiger partial charge < -0.3 is 15.1 Å². The van der Waals surface area contributed by atoms with Crippen molar-refractivity contribution in [2.24, 2.45) is 0 Å². The summed E-state index contributed by atoms with van der Waals surface area (Å²) in [7, 11) is 3.48. The number of rotatable bonds is 3. The van der Waals surface area contributed by atoms with Gasteiger partial charge in [-0.05, 0) is 38.7 Å². The van der Waals surface area contributed by atoms with Crippen molar-refractivity contribution in [1.29, 1.82) is 0 Å². The molecular weight excluding hydrogens is 410 g/mol. The second-order valence-electron chi connectivity index (χ2n) is 8.15. The zero-order valence-electron chi connectivity index (χ0n) is 17.3. The molecule has 2 aliphatic rings. The number of hydrogen-bond donors (Lipinski definition) is 1. The van der Waals surface area contributed by atoms with Crippen molar-refractivity contribution >= 4 is 45.9 Å². The first-order valence-electron chi connectivity index (χ1n) is 10.2. The molecule has 4 rings (SSSR count). The van der Waals surface area contributed by atoms with E-state index in [1.54, 1.807) is 23.9 Å². The molecule has 3 heterocycles. The molecular formula is C20H30ClN5O2S. The molecule has 0 radical (unpaired) electrons. The van der Waals surface area contributed by atoms with Gasteiger partial charge in [0.2, 0.25) is 0 Å². The van der Waals surface area contributed by atoms with Gasteiger partial charge in [-0.1, -0.05) is 19.3 Å². The highest BCUT2D eigenvalue weighted by atomic mass is 35.5. The average molecular weight is 440 g/mol. The number of hydrogen-bond acceptors (Lipinski definition) is 4. The smallest absolute Gasteiger partial charge is 0.321 e. The number of nitrogens with one attached hydrogen (secondary N) is 1. The first-order chi connectivity index (χ1) is 13.5. The van der Waals surface area contributed by atoms with Crippen LogP contribution in [0.25, 0.3) is 10.2 Å². The predicted octanol–water partition coefficient (Wildman–Crippen LogP) is 4.17. The Bertz CT molecular complexity index is 887. The van der Waals surface area contributed by atoms with E-state index in [-0.39, 0.29) is 30.5 Å². The fourth-order valence-electron chi connectivity index (χ4n) is 4.38. The minimum absolute atomic E-state index is 0. The van der Waals surface area contributed by atoms with E-state index >= 15 is 0 Å². The number of carbonyl (C=O) groups excluding carboxylic acids is 2. The molecule has 1 atom stereocenters. The molecule has 1 saturated carbocycles. The molecule has 160 valence electrons. The Labute approximate surface area is 181 Å². The van der Waals surface area contributed by atoms with E-state index in [2.05, 4.69) is 10.00 Å². The van der Waals surface area contributed by atoms with E-state index in [0.717, 1.165) is 28.8 Å². The van der Waals surface area contributed by atoms with Gasteiger partial charge in [0, 0.05) is 26.0 Å². The number of halogens is 1. The number of fused-ring (bicyclic) bond motifs is 1. The Hall–Kier alpha value is -1.80. The van der Waals surface area contributed by atoms with Crippen LogP contribution in [0.3, 0.4) is 0 Å². The van der Waals surface area contributed by atoms with Crippen molar-refractivity contribution in [2.75, 3.05) is 20.6 Å². The Kier molecular flexibility index (Phi) is 6.73. The van der Waals surface area contributed by atoms with Gasteiger partial charge in [0.05, 0.1) is 16.6 Å². The molecule has 0 bridgehead atoms. The number of carbonyl (C=O) groups is 2. The number of amides is 3. The molecule has 1 unspecified atom stereocenters. The number of aromatic nitrogens is 2. The quantitative estimate of drug-likeness (QED) is 0.780. The first-order valence-corrected chi connectivity index (χ1v) is 11.0. The lowest BCUT2D eigenvalue weighted by Gasteiger charge is -2.28. The Morgan fingerprint density at radius 2 is 1.90 bits per heavy atom. The molecule has 2 aromatic heterocycles.